The molecule has 1 aromatic rings. The molecule has 0 saturated heterocycles. The molecule has 2 rings (SSSR count). The molecule has 0 fully saturated rings. The van der Waals surface area contributed by atoms with Crippen LogP contribution in [0.3, 0.4) is 0 Å². The first-order valence-corrected chi connectivity index (χ1v) is 6.78. The highest BCUT2D eigenvalue weighted by molar-refractivity contribution is 5.75. The Labute approximate surface area is 118 Å². The molecule has 0 aliphatic heterocycles. The lowest BCUT2D eigenvalue weighted by Crippen LogP contribution is -2.43. The molecule has 2 unspecified atom stereocenters. The van der Waals surface area contributed by atoms with Crippen molar-refractivity contribution in [2.45, 2.75) is 19.3 Å². The van der Waals surface area contributed by atoms with Crippen LogP contribution in [0.2, 0.25) is 0 Å². The number of urea groups is 1. The van der Waals surface area contributed by atoms with Crippen LogP contribution in [0, 0.1) is 5.92 Å². The largest absolute Gasteiger partial charge is 0.481 e. The zero-order chi connectivity index (χ0) is 14.7. The summed E-state index contributed by atoms with van der Waals surface area (Å²) in [5.41, 5.74) is 2.65. The number of rotatable bonds is 5. The third kappa shape index (κ3) is 3.10. The molecular formula is C15H20N2O3. The smallest absolute Gasteiger partial charge is 0.317 e. The molecule has 2 N–H and O–H groups in total. The number of carbonyl (C=O) groups excluding carboxylic acids is 1. The van der Waals surface area contributed by atoms with Gasteiger partial charge in [-0.25, -0.2) is 4.79 Å². The van der Waals surface area contributed by atoms with Crippen LogP contribution in [0.15, 0.2) is 24.3 Å². The van der Waals surface area contributed by atoms with Crippen LogP contribution >= 0.6 is 0 Å². The van der Waals surface area contributed by atoms with Gasteiger partial charge in [-0.15, -0.1) is 0 Å². The molecule has 1 aliphatic carbocycles. The number of nitrogens with one attached hydrogen (secondary N) is 1. The summed E-state index contributed by atoms with van der Waals surface area (Å²) in [7, 11) is 1.61. The number of carboxylic acid groups (broad SMARTS) is 1. The van der Waals surface area contributed by atoms with Gasteiger partial charge in [0.15, 0.2) is 0 Å². The second kappa shape index (κ2) is 5.94. The molecule has 1 aromatic carbocycles. The predicted molar refractivity (Wildman–Crippen MR) is 75.7 cm³/mol. The number of amides is 2. The molecule has 5 heteroatoms. The fraction of sp³-hybridized carbons (Fsp3) is 0.467. The van der Waals surface area contributed by atoms with Gasteiger partial charge in [0.1, 0.15) is 0 Å². The minimum atomic E-state index is -0.891. The van der Waals surface area contributed by atoms with Crippen LogP contribution in [-0.4, -0.2) is 42.1 Å². The molecule has 2 amide bonds. The summed E-state index contributed by atoms with van der Waals surface area (Å²) in [6, 6.07) is 8.00. The van der Waals surface area contributed by atoms with E-state index in [9.17, 15) is 9.59 Å². The summed E-state index contributed by atoms with van der Waals surface area (Å²) in [6.45, 7) is 2.40. The average Bonchev–Trinajstić information content (AvgIpc) is 2.39. The third-order valence-electron chi connectivity index (χ3n) is 3.78. The normalized spacial score (nSPS) is 17.6. The Balaban J connectivity index is 1.78. The SMILES string of the molecule is CC(CN(C)C(=O)NCC1Cc2ccccc21)C(=O)O. The van der Waals surface area contributed by atoms with E-state index in [2.05, 4.69) is 17.4 Å². The van der Waals surface area contributed by atoms with Crippen molar-refractivity contribution >= 4 is 12.0 Å². The van der Waals surface area contributed by atoms with Crippen molar-refractivity contribution in [1.29, 1.82) is 0 Å². The zero-order valence-electron chi connectivity index (χ0n) is 11.8. The number of hydrogen-bond donors (Lipinski definition) is 2. The average molecular weight is 276 g/mol. The first-order valence-electron chi connectivity index (χ1n) is 6.78. The highest BCUT2D eigenvalue weighted by Gasteiger charge is 2.26. The van der Waals surface area contributed by atoms with Crippen molar-refractivity contribution in [3.63, 3.8) is 0 Å². The van der Waals surface area contributed by atoms with Crippen molar-refractivity contribution in [1.82, 2.24) is 10.2 Å². The van der Waals surface area contributed by atoms with Crippen LogP contribution in [0.4, 0.5) is 4.79 Å². The standard InChI is InChI=1S/C15H20N2O3/c1-10(14(18)19)9-17(2)15(20)16-8-12-7-11-5-3-4-6-13(11)12/h3-6,10,12H,7-9H2,1-2H3,(H,16,20)(H,18,19). The first-order chi connectivity index (χ1) is 9.49. The van der Waals surface area contributed by atoms with E-state index in [4.69, 9.17) is 5.11 Å². The van der Waals surface area contributed by atoms with Crippen molar-refractivity contribution in [2.24, 2.45) is 5.92 Å². The van der Waals surface area contributed by atoms with E-state index in [1.807, 2.05) is 12.1 Å². The summed E-state index contributed by atoms with van der Waals surface area (Å²) in [5.74, 6) is -1.08. The van der Waals surface area contributed by atoms with E-state index in [1.54, 1.807) is 14.0 Å². The lowest BCUT2D eigenvalue weighted by molar-refractivity contribution is -0.141. The second-order valence-electron chi connectivity index (χ2n) is 5.41. The molecule has 0 saturated carbocycles. The van der Waals surface area contributed by atoms with Gasteiger partial charge >= 0.3 is 12.0 Å². The predicted octanol–water partition coefficient (Wildman–Crippen LogP) is 1.69. The molecular weight excluding hydrogens is 256 g/mol. The van der Waals surface area contributed by atoms with Gasteiger partial charge in [-0.1, -0.05) is 31.2 Å². The van der Waals surface area contributed by atoms with Crippen molar-refractivity contribution in [3.05, 3.63) is 35.4 Å². The maximum Gasteiger partial charge on any atom is 0.317 e. The fourth-order valence-corrected chi connectivity index (χ4v) is 2.46. The second-order valence-corrected chi connectivity index (χ2v) is 5.41. The Kier molecular flexibility index (Phi) is 4.27. The van der Waals surface area contributed by atoms with E-state index in [-0.39, 0.29) is 12.6 Å². The minimum absolute atomic E-state index is 0.211. The van der Waals surface area contributed by atoms with E-state index in [0.717, 1.165) is 6.42 Å². The highest BCUT2D eigenvalue weighted by atomic mass is 16.4. The van der Waals surface area contributed by atoms with Crippen LogP contribution in [-0.2, 0) is 11.2 Å². The van der Waals surface area contributed by atoms with Crippen molar-refractivity contribution < 1.29 is 14.7 Å². The maximum absolute atomic E-state index is 11.9. The number of nitrogens with zero attached hydrogens (tertiary/aromatic N) is 1. The molecule has 0 radical (unpaired) electrons. The van der Waals surface area contributed by atoms with Crippen LogP contribution in [0.1, 0.15) is 24.0 Å². The summed E-state index contributed by atoms with van der Waals surface area (Å²) >= 11 is 0. The molecule has 0 aromatic heterocycles. The van der Waals surface area contributed by atoms with Crippen LogP contribution in [0.5, 0.6) is 0 Å². The number of fused-ring (bicyclic) bond motifs is 1. The van der Waals surface area contributed by atoms with Gasteiger partial charge in [-0.3, -0.25) is 4.79 Å². The summed E-state index contributed by atoms with van der Waals surface area (Å²) in [6.07, 6.45) is 0.992. The van der Waals surface area contributed by atoms with Gasteiger partial charge in [0.25, 0.3) is 0 Å². The number of benzene rings is 1. The van der Waals surface area contributed by atoms with Gasteiger partial charge in [-0.2, -0.15) is 0 Å². The topological polar surface area (TPSA) is 69.6 Å². The lowest BCUT2D eigenvalue weighted by atomic mass is 9.78. The Morgan fingerprint density at radius 3 is 2.80 bits per heavy atom. The number of hydrogen-bond acceptors (Lipinski definition) is 2. The minimum Gasteiger partial charge on any atom is -0.481 e. The lowest BCUT2D eigenvalue weighted by Gasteiger charge is -2.31. The Bertz CT molecular complexity index is 516. The van der Waals surface area contributed by atoms with Gasteiger partial charge in [0.2, 0.25) is 0 Å². The molecule has 2 atom stereocenters. The van der Waals surface area contributed by atoms with Gasteiger partial charge in [0, 0.05) is 26.1 Å². The Morgan fingerprint density at radius 1 is 1.45 bits per heavy atom. The molecule has 5 nitrogen and oxygen atoms in total. The molecule has 1 aliphatic rings. The van der Waals surface area contributed by atoms with Crippen molar-refractivity contribution in [2.75, 3.05) is 20.1 Å². The zero-order valence-corrected chi connectivity index (χ0v) is 11.8. The van der Waals surface area contributed by atoms with Gasteiger partial charge in [0.05, 0.1) is 5.92 Å². The van der Waals surface area contributed by atoms with Gasteiger partial charge < -0.3 is 15.3 Å². The number of aliphatic carboxylic acids is 1. The van der Waals surface area contributed by atoms with Gasteiger partial charge in [-0.05, 0) is 17.5 Å². The van der Waals surface area contributed by atoms with E-state index < -0.39 is 11.9 Å². The molecule has 0 bridgehead atoms. The number of carboxylic acids is 1. The monoisotopic (exact) mass is 276 g/mol. The molecule has 0 heterocycles. The van der Waals surface area contributed by atoms with Crippen LogP contribution in [0.25, 0.3) is 0 Å². The highest BCUT2D eigenvalue weighted by Crippen LogP contribution is 2.33. The van der Waals surface area contributed by atoms with E-state index in [0.29, 0.717) is 12.5 Å². The summed E-state index contributed by atoms with van der Waals surface area (Å²) in [5, 5.41) is 11.7. The van der Waals surface area contributed by atoms with E-state index >= 15 is 0 Å². The number of carbonyl (C=O) groups is 2. The fourth-order valence-electron chi connectivity index (χ4n) is 2.46. The molecule has 0 spiro atoms. The maximum atomic E-state index is 11.9. The summed E-state index contributed by atoms with van der Waals surface area (Å²) < 4.78 is 0. The quantitative estimate of drug-likeness (QED) is 0.859. The molecule has 20 heavy (non-hydrogen) atoms. The molecule has 108 valence electrons. The third-order valence-corrected chi connectivity index (χ3v) is 3.78. The Morgan fingerprint density at radius 2 is 2.15 bits per heavy atom. The van der Waals surface area contributed by atoms with Crippen LogP contribution < -0.4 is 5.32 Å². The first kappa shape index (κ1) is 14.4. The Hall–Kier alpha value is -2.04. The summed E-state index contributed by atoms with van der Waals surface area (Å²) in [4.78, 5) is 24.1. The van der Waals surface area contributed by atoms with Crippen molar-refractivity contribution in [3.8, 4) is 0 Å². The van der Waals surface area contributed by atoms with E-state index in [1.165, 1.54) is 16.0 Å².